The van der Waals surface area contributed by atoms with E-state index in [0.29, 0.717) is 11.3 Å². The Labute approximate surface area is 181 Å². The predicted molar refractivity (Wildman–Crippen MR) is 115 cm³/mol. The highest BCUT2D eigenvalue weighted by molar-refractivity contribution is 9.10. The number of fused-ring (bicyclic) bond motifs is 1. The Hall–Kier alpha value is -2.19. The maximum absolute atomic E-state index is 12.9. The van der Waals surface area contributed by atoms with Crippen LogP contribution in [0.15, 0.2) is 62.2 Å². The van der Waals surface area contributed by atoms with Crippen LogP contribution in [0.4, 0.5) is 0 Å². The standard InChI is InChI=1S/C19H9BrCl2N2O3S/c20-10-3-1-9(2-4-10)14-5-6-15(27-14)18(26)24-17(25)12-7-11(21)8-13(22)16(12)23-19(24)28/h1-8H,(H,23,28). The fourth-order valence-corrected chi connectivity index (χ4v) is 3.83. The Bertz CT molecular complexity index is 1360. The molecule has 0 amide bonds. The largest absolute Gasteiger partial charge is 0.451 e. The second-order valence-electron chi connectivity index (χ2n) is 5.86. The van der Waals surface area contributed by atoms with Crippen LogP contribution in [0, 0.1) is 4.77 Å². The molecule has 28 heavy (non-hydrogen) atoms. The summed E-state index contributed by atoms with van der Waals surface area (Å²) in [7, 11) is 0. The third-order valence-corrected chi connectivity index (χ3v) is 5.40. The van der Waals surface area contributed by atoms with Crippen molar-refractivity contribution in [3.63, 3.8) is 0 Å². The second kappa shape index (κ2) is 7.33. The average molecular weight is 496 g/mol. The molecule has 0 aliphatic rings. The number of nitrogens with one attached hydrogen (secondary N) is 1. The first-order chi connectivity index (χ1) is 13.3. The van der Waals surface area contributed by atoms with Crippen molar-refractivity contribution in [2.75, 3.05) is 0 Å². The van der Waals surface area contributed by atoms with E-state index in [-0.39, 0.29) is 26.0 Å². The second-order valence-corrected chi connectivity index (χ2v) is 8.00. The molecule has 4 aromatic rings. The third-order valence-electron chi connectivity index (χ3n) is 4.07. The number of halogens is 3. The number of aromatic amines is 1. The van der Waals surface area contributed by atoms with Gasteiger partial charge in [-0.05, 0) is 48.6 Å². The summed E-state index contributed by atoms with van der Waals surface area (Å²) in [4.78, 5) is 28.6. The lowest BCUT2D eigenvalue weighted by molar-refractivity contribution is 0.0927. The summed E-state index contributed by atoms with van der Waals surface area (Å²) < 4.78 is 7.32. The summed E-state index contributed by atoms with van der Waals surface area (Å²) >= 11 is 20.7. The molecule has 0 atom stereocenters. The maximum Gasteiger partial charge on any atom is 0.302 e. The SMILES string of the molecule is O=C(c1ccc(-c2ccc(Br)cc2)o1)n1c(=S)[nH]c2c(Cl)cc(Cl)cc2c1=O. The minimum atomic E-state index is -0.687. The Morgan fingerprint density at radius 3 is 2.54 bits per heavy atom. The van der Waals surface area contributed by atoms with Gasteiger partial charge >= 0.3 is 5.91 Å². The molecule has 0 fully saturated rings. The van der Waals surface area contributed by atoms with E-state index in [4.69, 9.17) is 39.8 Å². The summed E-state index contributed by atoms with van der Waals surface area (Å²) in [6.07, 6.45) is 0. The summed E-state index contributed by atoms with van der Waals surface area (Å²) in [5.41, 5.74) is 0.478. The number of aromatic nitrogens is 2. The van der Waals surface area contributed by atoms with Crippen LogP contribution in [-0.2, 0) is 0 Å². The van der Waals surface area contributed by atoms with Crippen LogP contribution in [0.5, 0.6) is 0 Å². The molecule has 0 aliphatic carbocycles. The predicted octanol–water partition coefficient (Wildman–Crippen LogP) is 6.08. The van der Waals surface area contributed by atoms with E-state index in [1.165, 1.54) is 18.2 Å². The number of benzene rings is 2. The van der Waals surface area contributed by atoms with Crippen LogP contribution < -0.4 is 5.56 Å². The van der Waals surface area contributed by atoms with Crippen LogP contribution in [0.2, 0.25) is 10.0 Å². The van der Waals surface area contributed by atoms with Gasteiger partial charge in [0, 0.05) is 15.1 Å². The van der Waals surface area contributed by atoms with Crippen molar-refractivity contribution in [1.82, 2.24) is 9.55 Å². The van der Waals surface area contributed by atoms with E-state index in [1.807, 2.05) is 24.3 Å². The zero-order valence-electron chi connectivity index (χ0n) is 13.8. The molecule has 2 aromatic heterocycles. The van der Waals surface area contributed by atoms with Crippen molar-refractivity contribution in [2.24, 2.45) is 0 Å². The molecule has 9 heteroatoms. The van der Waals surface area contributed by atoms with E-state index >= 15 is 0 Å². The minimum Gasteiger partial charge on any atom is -0.451 e. The monoisotopic (exact) mass is 494 g/mol. The Kier molecular flexibility index (Phi) is 5.01. The molecular formula is C19H9BrCl2N2O3S. The fraction of sp³-hybridized carbons (Fsp3) is 0. The van der Waals surface area contributed by atoms with E-state index < -0.39 is 11.5 Å². The smallest absolute Gasteiger partial charge is 0.302 e. The number of hydrogen-bond donors (Lipinski definition) is 1. The lowest BCUT2D eigenvalue weighted by Gasteiger charge is -2.07. The highest BCUT2D eigenvalue weighted by Crippen LogP contribution is 2.26. The average Bonchev–Trinajstić information content (AvgIpc) is 3.13. The van der Waals surface area contributed by atoms with Gasteiger partial charge < -0.3 is 9.40 Å². The van der Waals surface area contributed by atoms with Gasteiger partial charge in [0.15, 0.2) is 10.5 Å². The quantitative estimate of drug-likeness (QED) is 0.342. The lowest BCUT2D eigenvalue weighted by atomic mass is 10.2. The van der Waals surface area contributed by atoms with Gasteiger partial charge in [-0.1, -0.05) is 51.3 Å². The van der Waals surface area contributed by atoms with Crippen LogP contribution >= 0.6 is 51.3 Å². The number of rotatable bonds is 2. The molecule has 0 aliphatic heterocycles. The first-order valence-electron chi connectivity index (χ1n) is 7.90. The Balaban J connectivity index is 1.83. The van der Waals surface area contributed by atoms with Crippen molar-refractivity contribution in [3.05, 3.63) is 83.9 Å². The van der Waals surface area contributed by atoms with Crippen molar-refractivity contribution in [2.45, 2.75) is 0 Å². The summed E-state index contributed by atoms with van der Waals surface area (Å²) in [5, 5.41) is 0.662. The van der Waals surface area contributed by atoms with Gasteiger partial charge in [-0.25, -0.2) is 4.57 Å². The van der Waals surface area contributed by atoms with Crippen molar-refractivity contribution in [1.29, 1.82) is 0 Å². The Morgan fingerprint density at radius 1 is 1.11 bits per heavy atom. The van der Waals surface area contributed by atoms with Gasteiger partial charge in [-0.3, -0.25) is 9.59 Å². The van der Waals surface area contributed by atoms with Gasteiger partial charge in [0.25, 0.3) is 5.56 Å². The van der Waals surface area contributed by atoms with Gasteiger partial charge in [0.2, 0.25) is 0 Å². The van der Waals surface area contributed by atoms with Gasteiger partial charge in [0.05, 0.1) is 15.9 Å². The van der Waals surface area contributed by atoms with Crippen LogP contribution in [0.1, 0.15) is 10.6 Å². The first-order valence-corrected chi connectivity index (χ1v) is 9.85. The highest BCUT2D eigenvalue weighted by atomic mass is 79.9. The maximum atomic E-state index is 12.9. The van der Waals surface area contributed by atoms with Crippen molar-refractivity contribution >= 4 is 68.2 Å². The van der Waals surface area contributed by atoms with E-state index in [2.05, 4.69) is 20.9 Å². The number of nitrogens with zero attached hydrogens (tertiary/aromatic N) is 1. The summed E-state index contributed by atoms with van der Waals surface area (Å²) in [5.74, 6) is -0.217. The lowest BCUT2D eigenvalue weighted by Crippen LogP contribution is -2.28. The molecule has 0 spiro atoms. The zero-order valence-corrected chi connectivity index (χ0v) is 17.7. The highest BCUT2D eigenvalue weighted by Gasteiger charge is 2.19. The number of carbonyl (C=O) groups is 1. The molecule has 2 heterocycles. The molecule has 0 saturated carbocycles. The molecule has 5 nitrogen and oxygen atoms in total. The summed E-state index contributed by atoms with van der Waals surface area (Å²) in [6.45, 7) is 0. The van der Waals surface area contributed by atoms with Crippen molar-refractivity contribution in [3.8, 4) is 11.3 Å². The third kappa shape index (κ3) is 3.35. The van der Waals surface area contributed by atoms with Crippen LogP contribution in [-0.4, -0.2) is 15.5 Å². The molecule has 0 radical (unpaired) electrons. The van der Waals surface area contributed by atoms with E-state index in [0.717, 1.165) is 14.6 Å². The number of carbonyl (C=O) groups excluding carboxylic acids is 1. The van der Waals surface area contributed by atoms with E-state index in [1.54, 1.807) is 6.07 Å². The fourth-order valence-electron chi connectivity index (χ4n) is 2.76. The molecule has 1 N–H and O–H groups in total. The number of hydrogen-bond acceptors (Lipinski definition) is 4. The van der Waals surface area contributed by atoms with Crippen molar-refractivity contribution < 1.29 is 9.21 Å². The van der Waals surface area contributed by atoms with Gasteiger partial charge in [-0.2, -0.15) is 0 Å². The van der Waals surface area contributed by atoms with Crippen LogP contribution in [0.3, 0.4) is 0 Å². The van der Waals surface area contributed by atoms with Gasteiger partial charge in [0.1, 0.15) is 5.76 Å². The number of H-pyrrole nitrogens is 1. The molecule has 0 unspecified atom stereocenters. The first kappa shape index (κ1) is 19.1. The van der Waals surface area contributed by atoms with Crippen LogP contribution in [0.25, 0.3) is 22.2 Å². The van der Waals surface area contributed by atoms with E-state index in [9.17, 15) is 9.59 Å². The minimum absolute atomic E-state index is 0.0213. The molecule has 2 aromatic carbocycles. The normalized spacial score (nSPS) is 11.1. The summed E-state index contributed by atoms with van der Waals surface area (Å²) in [6, 6.07) is 13.5. The molecule has 0 saturated heterocycles. The molecule has 4 rings (SSSR count). The topological polar surface area (TPSA) is 68.0 Å². The molecular weight excluding hydrogens is 487 g/mol. The molecule has 0 bridgehead atoms. The molecule has 140 valence electrons. The Morgan fingerprint density at radius 2 is 1.82 bits per heavy atom. The van der Waals surface area contributed by atoms with Gasteiger partial charge in [-0.15, -0.1) is 0 Å². The number of furan rings is 1. The zero-order chi connectivity index (χ0) is 20.0.